The van der Waals surface area contributed by atoms with E-state index in [4.69, 9.17) is 10.5 Å². The summed E-state index contributed by atoms with van der Waals surface area (Å²) in [7, 11) is 0. The topological polar surface area (TPSA) is 102 Å². The molecule has 3 aromatic heterocycles. The molecule has 2 amide bonds. The van der Waals surface area contributed by atoms with Gasteiger partial charge in [0.15, 0.2) is 0 Å². The highest BCUT2D eigenvalue weighted by Crippen LogP contribution is 2.40. The number of pyridine rings is 2. The average molecular weight is 438 g/mol. The van der Waals surface area contributed by atoms with Crippen molar-refractivity contribution in [1.29, 1.82) is 0 Å². The van der Waals surface area contributed by atoms with Crippen molar-refractivity contribution >= 4 is 39.2 Å². The minimum atomic E-state index is -0.0614. The molecule has 5 rings (SSSR count). The molecule has 0 bridgehead atoms. The van der Waals surface area contributed by atoms with Crippen molar-refractivity contribution in [1.82, 2.24) is 19.8 Å². The number of nitrogens with zero attached hydrogens (tertiary/aromatic N) is 4. The number of amides is 2. The quantitative estimate of drug-likeness (QED) is 0.675. The van der Waals surface area contributed by atoms with Crippen molar-refractivity contribution < 1.29 is 14.3 Å². The van der Waals surface area contributed by atoms with Gasteiger partial charge in [-0.3, -0.25) is 9.59 Å². The van der Waals surface area contributed by atoms with Gasteiger partial charge in [-0.05, 0) is 30.2 Å². The Balaban J connectivity index is 1.45. The molecular weight excluding hydrogens is 414 g/mol. The molecule has 1 unspecified atom stereocenters. The monoisotopic (exact) mass is 437 g/mol. The zero-order valence-electron chi connectivity index (χ0n) is 17.0. The van der Waals surface area contributed by atoms with Crippen LogP contribution < -0.4 is 5.73 Å². The highest BCUT2D eigenvalue weighted by atomic mass is 32.1. The second-order valence-electron chi connectivity index (χ2n) is 7.81. The van der Waals surface area contributed by atoms with Crippen LogP contribution in [0, 0.1) is 0 Å². The van der Waals surface area contributed by atoms with E-state index in [1.165, 1.54) is 17.5 Å². The molecule has 9 heteroatoms. The largest absolute Gasteiger partial charge is 0.384 e. The molecule has 2 saturated heterocycles. The number of likely N-dealkylation sites (tertiary alicyclic amines) is 1. The van der Waals surface area contributed by atoms with Crippen molar-refractivity contribution in [2.75, 3.05) is 45.1 Å². The minimum Gasteiger partial charge on any atom is -0.384 e. The number of nitrogens with two attached hydrogens (primary N) is 1. The Morgan fingerprint density at radius 1 is 1.06 bits per heavy atom. The molecule has 0 spiro atoms. The first-order valence-electron chi connectivity index (χ1n) is 10.4. The molecule has 0 aliphatic carbocycles. The fourth-order valence-electron chi connectivity index (χ4n) is 4.32. The first-order valence-corrected chi connectivity index (χ1v) is 11.2. The SMILES string of the molecule is Nc1ccc(C(=O)N2CCC(c3c(C(=O)N4CCOCC4)sc4ncccc34)C2)cn1. The van der Waals surface area contributed by atoms with E-state index in [2.05, 4.69) is 9.97 Å². The average Bonchev–Trinajstić information content (AvgIpc) is 3.44. The predicted octanol–water partition coefficient (Wildman–Crippen LogP) is 2.38. The summed E-state index contributed by atoms with van der Waals surface area (Å²) in [6.45, 7) is 3.51. The Morgan fingerprint density at radius 2 is 1.90 bits per heavy atom. The molecule has 5 heterocycles. The molecule has 8 nitrogen and oxygen atoms in total. The van der Waals surface area contributed by atoms with Gasteiger partial charge in [0, 0.05) is 49.9 Å². The maximum Gasteiger partial charge on any atom is 0.264 e. The maximum atomic E-state index is 13.4. The molecule has 3 aromatic rings. The van der Waals surface area contributed by atoms with Gasteiger partial charge in [-0.1, -0.05) is 6.07 Å². The number of morpholine rings is 1. The highest BCUT2D eigenvalue weighted by Gasteiger charge is 2.34. The van der Waals surface area contributed by atoms with Crippen molar-refractivity contribution in [3.63, 3.8) is 0 Å². The fraction of sp³-hybridized carbons (Fsp3) is 0.364. The number of fused-ring (bicyclic) bond motifs is 1. The van der Waals surface area contributed by atoms with Crippen molar-refractivity contribution in [3.05, 3.63) is 52.7 Å². The van der Waals surface area contributed by atoms with E-state index in [-0.39, 0.29) is 17.7 Å². The highest BCUT2D eigenvalue weighted by molar-refractivity contribution is 7.20. The predicted molar refractivity (Wildman–Crippen MR) is 118 cm³/mol. The summed E-state index contributed by atoms with van der Waals surface area (Å²) in [4.78, 5) is 40.1. The third kappa shape index (κ3) is 3.75. The zero-order chi connectivity index (χ0) is 21.4. The number of ether oxygens (including phenoxy) is 1. The second-order valence-corrected chi connectivity index (χ2v) is 8.81. The van der Waals surface area contributed by atoms with Gasteiger partial charge in [0.05, 0.1) is 23.7 Å². The Morgan fingerprint density at radius 3 is 2.68 bits per heavy atom. The van der Waals surface area contributed by atoms with Gasteiger partial charge in [-0.2, -0.15) is 0 Å². The maximum absolute atomic E-state index is 13.4. The van der Waals surface area contributed by atoms with Crippen LogP contribution in [0.15, 0.2) is 36.7 Å². The number of thiophene rings is 1. The number of anilines is 1. The van der Waals surface area contributed by atoms with E-state index < -0.39 is 0 Å². The number of hydrogen-bond acceptors (Lipinski definition) is 7. The summed E-state index contributed by atoms with van der Waals surface area (Å²) in [6.07, 6.45) is 4.07. The molecule has 0 saturated carbocycles. The standard InChI is InChI=1S/C22H23N5O3S/c23-17-4-3-14(12-25-17)21(28)27-7-5-15(13-27)18-16-2-1-6-24-20(16)31-19(18)22(29)26-8-10-30-11-9-26/h1-4,6,12,15H,5,7-11,13H2,(H2,23,25). The molecule has 2 fully saturated rings. The number of carbonyl (C=O) groups excluding carboxylic acids is 2. The fourth-order valence-corrected chi connectivity index (χ4v) is 5.52. The lowest BCUT2D eigenvalue weighted by Gasteiger charge is -2.27. The van der Waals surface area contributed by atoms with Crippen LogP contribution in [0.3, 0.4) is 0 Å². The molecule has 0 radical (unpaired) electrons. The Hall–Kier alpha value is -3.04. The van der Waals surface area contributed by atoms with Crippen LogP contribution in [0.5, 0.6) is 0 Å². The van der Waals surface area contributed by atoms with Crippen LogP contribution in [-0.2, 0) is 4.74 Å². The van der Waals surface area contributed by atoms with E-state index in [0.29, 0.717) is 50.8 Å². The zero-order valence-corrected chi connectivity index (χ0v) is 17.8. The first kappa shape index (κ1) is 19.9. The number of aromatic nitrogens is 2. The number of rotatable bonds is 3. The van der Waals surface area contributed by atoms with Gasteiger partial charge >= 0.3 is 0 Å². The molecule has 2 aliphatic heterocycles. The number of carbonyl (C=O) groups is 2. The second kappa shape index (κ2) is 8.24. The van der Waals surface area contributed by atoms with E-state index >= 15 is 0 Å². The van der Waals surface area contributed by atoms with E-state index in [9.17, 15) is 9.59 Å². The van der Waals surface area contributed by atoms with Gasteiger partial charge < -0.3 is 20.3 Å². The summed E-state index contributed by atoms with van der Waals surface area (Å²) in [6, 6.07) is 7.27. The molecule has 31 heavy (non-hydrogen) atoms. The van der Waals surface area contributed by atoms with Gasteiger partial charge in [0.25, 0.3) is 11.8 Å². The number of nitrogen functional groups attached to an aromatic ring is 1. The van der Waals surface area contributed by atoms with Crippen LogP contribution in [0.2, 0.25) is 0 Å². The lowest BCUT2D eigenvalue weighted by molar-refractivity contribution is 0.0305. The molecular formula is C22H23N5O3S. The lowest BCUT2D eigenvalue weighted by atomic mass is 9.95. The van der Waals surface area contributed by atoms with Crippen molar-refractivity contribution in [3.8, 4) is 0 Å². The van der Waals surface area contributed by atoms with Crippen LogP contribution in [-0.4, -0.2) is 71.0 Å². The molecule has 2 N–H and O–H groups in total. The van der Waals surface area contributed by atoms with E-state index in [0.717, 1.165) is 27.1 Å². The Bertz CT molecular complexity index is 1120. The summed E-state index contributed by atoms with van der Waals surface area (Å²) >= 11 is 1.45. The van der Waals surface area contributed by atoms with Crippen LogP contribution in [0.1, 0.15) is 37.9 Å². The molecule has 0 aromatic carbocycles. The van der Waals surface area contributed by atoms with Crippen LogP contribution in [0.4, 0.5) is 5.82 Å². The summed E-state index contributed by atoms with van der Waals surface area (Å²) in [5.41, 5.74) is 7.19. The van der Waals surface area contributed by atoms with Crippen molar-refractivity contribution in [2.24, 2.45) is 0 Å². The molecule has 160 valence electrons. The minimum absolute atomic E-state index is 0.0359. The van der Waals surface area contributed by atoms with E-state index in [1.807, 2.05) is 21.9 Å². The lowest BCUT2D eigenvalue weighted by Crippen LogP contribution is -2.40. The van der Waals surface area contributed by atoms with Gasteiger partial charge in [-0.25, -0.2) is 9.97 Å². The first-order chi connectivity index (χ1) is 15.1. The van der Waals surface area contributed by atoms with Gasteiger partial charge in [0.1, 0.15) is 10.6 Å². The Kier molecular flexibility index (Phi) is 5.29. The van der Waals surface area contributed by atoms with Crippen molar-refractivity contribution in [2.45, 2.75) is 12.3 Å². The van der Waals surface area contributed by atoms with Crippen LogP contribution >= 0.6 is 11.3 Å². The smallest absolute Gasteiger partial charge is 0.264 e. The third-order valence-electron chi connectivity index (χ3n) is 5.91. The van der Waals surface area contributed by atoms with Gasteiger partial charge in [0.2, 0.25) is 0 Å². The molecule has 2 aliphatic rings. The summed E-state index contributed by atoms with van der Waals surface area (Å²) < 4.78 is 5.40. The molecule has 1 atom stereocenters. The van der Waals surface area contributed by atoms with Gasteiger partial charge in [-0.15, -0.1) is 11.3 Å². The normalized spacial score (nSPS) is 19.2. The van der Waals surface area contributed by atoms with Crippen LogP contribution in [0.25, 0.3) is 10.2 Å². The number of hydrogen-bond donors (Lipinski definition) is 1. The summed E-state index contributed by atoms with van der Waals surface area (Å²) in [5, 5.41) is 1.01. The Labute approximate surface area is 183 Å². The third-order valence-corrected chi connectivity index (χ3v) is 7.03. The summed E-state index contributed by atoms with van der Waals surface area (Å²) in [5.74, 6) is 0.450. The van der Waals surface area contributed by atoms with E-state index in [1.54, 1.807) is 18.3 Å².